The molecule has 3 aliphatic heterocycles. The van der Waals surface area contributed by atoms with Gasteiger partial charge in [-0.1, -0.05) is 6.92 Å². The SMILES string of the molecule is CC[Si]1(C)O[C@@H]2[C@H](O1)[C@@]1(C)CC(O)C[C@]2(C)O1. The van der Waals surface area contributed by atoms with E-state index in [1.807, 2.05) is 0 Å². The van der Waals surface area contributed by atoms with Crippen LogP contribution in [0.4, 0.5) is 0 Å². The summed E-state index contributed by atoms with van der Waals surface area (Å²) in [7, 11) is -2.00. The highest BCUT2D eigenvalue weighted by atomic mass is 28.4. The standard InChI is InChI=1S/C12H22O4Si/c1-5-17(4)14-9-10(15-17)12(3)7-8(13)6-11(9,2)16-12/h8-10,13H,5-7H2,1-4H3/t8?,9-,10+,11+,12-,17?. The van der Waals surface area contributed by atoms with Gasteiger partial charge in [0.05, 0.1) is 17.3 Å². The van der Waals surface area contributed by atoms with E-state index >= 15 is 0 Å². The molecule has 3 saturated heterocycles. The fourth-order valence-electron chi connectivity index (χ4n) is 3.72. The van der Waals surface area contributed by atoms with Gasteiger partial charge < -0.3 is 18.7 Å². The van der Waals surface area contributed by atoms with Crippen molar-refractivity contribution in [3.63, 3.8) is 0 Å². The third kappa shape index (κ3) is 1.56. The van der Waals surface area contributed by atoms with Gasteiger partial charge in [-0.15, -0.1) is 0 Å². The second kappa shape index (κ2) is 3.33. The first kappa shape index (κ1) is 12.1. The number of rotatable bonds is 1. The fourth-order valence-corrected chi connectivity index (χ4v) is 5.93. The van der Waals surface area contributed by atoms with E-state index in [1.165, 1.54) is 0 Å². The maximum absolute atomic E-state index is 9.98. The van der Waals surface area contributed by atoms with Crippen LogP contribution >= 0.6 is 0 Å². The molecule has 3 aliphatic rings. The smallest absolute Gasteiger partial charge is 0.335 e. The second-order valence-corrected chi connectivity index (χ2v) is 9.80. The summed E-state index contributed by atoms with van der Waals surface area (Å²) in [5.41, 5.74) is -0.756. The number of aliphatic hydroxyl groups excluding tert-OH is 1. The summed E-state index contributed by atoms with van der Waals surface area (Å²) in [5, 5.41) is 9.98. The summed E-state index contributed by atoms with van der Waals surface area (Å²) >= 11 is 0. The molecule has 0 aromatic heterocycles. The van der Waals surface area contributed by atoms with E-state index in [-0.39, 0.29) is 29.5 Å². The highest BCUT2D eigenvalue weighted by Crippen LogP contribution is 2.54. The average Bonchev–Trinajstić information content (AvgIpc) is 2.62. The number of hydrogen-bond acceptors (Lipinski definition) is 4. The monoisotopic (exact) mass is 258 g/mol. The van der Waals surface area contributed by atoms with E-state index in [0.29, 0.717) is 12.8 Å². The van der Waals surface area contributed by atoms with E-state index in [9.17, 15) is 5.11 Å². The molecule has 1 N–H and O–H groups in total. The van der Waals surface area contributed by atoms with Crippen LogP contribution in [-0.2, 0) is 13.6 Å². The highest BCUT2D eigenvalue weighted by molar-refractivity contribution is 6.66. The molecule has 0 aromatic rings. The Morgan fingerprint density at radius 1 is 1.18 bits per heavy atom. The van der Waals surface area contributed by atoms with Crippen molar-refractivity contribution >= 4 is 8.56 Å². The minimum absolute atomic E-state index is 0.00117. The Kier molecular flexibility index (Phi) is 2.37. The van der Waals surface area contributed by atoms with Crippen molar-refractivity contribution in [1.82, 2.24) is 0 Å². The third-order valence-electron chi connectivity index (χ3n) is 4.62. The van der Waals surface area contributed by atoms with Gasteiger partial charge >= 0.3 is 8.56 Å². The number of aliphatic hydroxyl groups is 1. The van der Waals surface area contributed by atoms with Crippen LogP contribution in [0.3, 0.4) is 0 Å². The fraction of sp³-hybridized carbons (Fsp3) is 1.00. The number of hydrogen-bond donors (Lipinski definition) is 1. The summed E-state index contributed by atoms with van der Waals surface area (Å²) in [4.78, 5) is 0. The highest BCUT2D eigenvalue weighted by Gasteiger charge is 2.69. The lowest BCUT2D eigenvalue weighted by molar-refractivity contribution is -0.182. The van der Waals surface area contributed by atoms with E-state index in [1.54, 1.807) is 0 Å². The Morgan fingerprint density at radius 3 is 2.06 bits per heavy atom. The van der Waals surface area contributed by atoms with Gasteiger partial charge in [0, 0.05) is 12.8 Å². The van der Waals surface area contributed by atoms with Gasteiger partial charge in [-0.3, -0.25) is 0 Å². The van der Waals surface area contributed by atoms with Crippen molar-refractivity contribution in [2.45, 2.75) is 75.7 Å². The lowest BCUT2D eigenvalue weighted by Gasteiger charge is -2.41. The molecule has 3 rings (SSSR count). The van der Waals surface area contributed by atoms with Crippen LogP contribution in [0.1, 0.15) is 33.6 Å². The Morgan fingerprint density at radius 2 is 1.65 bits per heavy atom. The Labute approximate surface area is 103 Å². The van der Waals surface area contributed by atoms with Crippen LogP contribution in [0.15, 0.2) is 0 Å². The van der Waals surface area contributed by atoms with Gasteiger partial charge in [0.25, 0.3) is 0 Å². The summed E-state index contributed by atoms with van der Waals surface area (Å²) < 4.78 is 18.6. The van der Waals surface area contributed by atoms with Crippen LogP contribution in [0.2, 0.25) is 12.6 Å². The van der Waals surface area contributed by atoms with Crippen molar-refractivity contribution in [3.8, 4) is 0 Å². The molecule has 3 heterocycles. The predicted molar refractivity (Wildman–Crippen MR) is 65.0 cm³/mol. The molecular formula is C12H22O4Si. The molecule has 2 bridgehead atoms. The van der Waals surface area contributed by atoms with Gasteiger partial charge in [-0.2, -0.15) is 0 Å². The molecule has 0 spiro atoms. The zero-order valence-electron chi connectivity index (χ0n) is 11.0. The van der Waals surface area contributed by atoms with Crippen LogP contribution in [0.5, 0.6) is 0 Å². The van der Waals surface area contributed by atoms with Gasteiger partial charge in [0.1, 0.15) is 12.2 Å². The molecular weight excluding hydrogens is 236 g/mol. The summed E-state index contributed by atoms with van der Waals surface area (Å²) in [6.45, 7) is 8.36. The topological polar surface area (TPSA) is 47.9 Å². The van der Waals surface area contributed by atoms with Crippen LogP contribution in [0.25, 0.3) is 0 Å². The molecule has 98 valence electrons. The molecule has 2 unspecified atom stereocenters. The number of fused-ring (bicyclic) bond motifs is 5. The minimum Gasteiger partial charge on any atom is -0.393 e. The normalized spacial score (nSPS) is 61.6. The molecule has 0 radical (unpaired) electrons. The van der Waals surface area contributed by atoms with Gasteiger partial charge in [0.2, 0.25) is 0 Å². The Bertz CT molecular complexity index is 323. The zero-order chi connectivity index (χ0) is 12.5. The van der Waals surface area contributed by atoms with Crippen LogP contribution in [0, 0.1) is 0 Å². The van der Waals surface area contributed by atoms with Crippen molar-refractivity contribution in [3.05, 3.63) is 0 Å². The van der Waals surface area contributed by atoms with Gasteiger partial charge in [0.15, 0.2) is 0 Å². The maximum atomic E-state index is 9.98. The van der Waals surface area contributed by atoms with Crippen molar-refractivity contribution in [1.29, 1.82) is 0 Å². The molecule has 0 amide bonds. The Balaban J connectivity index is 1.96. The van der Waals surface area contributed by atoms with Gasteiger partial charge in [-0.05, 0) is 26.4 Å². The summed E-state index contributed by atoms with van der Waals surface area (Å²) in [6.07, 6.45) is 1.01. The number of ether oxygens (including phenoxy) is 1. The zero-order valence-corrected chi connectivity index (χ0v) is 12.0. The third-order valence-corrected chi connectivity index (χ3v) is 7.41. The quantitative estimate of drug-likeness (QED) is 0.725. The van der Waals surface area contributed by atoms with Crippen molar-refractivity contribution < 1.29 is 18.7 Å². The van der Waals surface area contributed by atoms with Crippen LogP contribution in [-0.4, -0.2) is 43.2 Å². The molecule has 6 atom stereocenters. The first-order chi connectivity index (χ1) is 7.80. The average molecular weight is 258 g/mol. The van der Waals surface area contributed by atoms with Crippen molar-refractivity contribution in [2.24, 2.45) is 0 Å². The molecule has 17 heavy (non-hydrogen) atoms. The van der Waals surface area contributed by atoms with E-state index < -0.39 is 8.56 Å². The Hall–Kier alpha value is 0.0569. The molecule has 0 aromatic carbocycles. The molecule has 3 fully saturated rings. The first-order valence-corrected chi connectivity index (χ1v) is 9.06. The molecule has 0 saturated carbocycles. The van der Waals surface area contributed by atoms with E-state index in [4.69, 9.17) is 13.6 Å². The van der Waals surface area contributed by atoms with Gasteiger partial charge in [-0.25, -0.2) is 0 Å². The lowest BCUT2D eigenvalue weighted by atomic mass is 9.92. The maximum Gasteiger partial charge on any atom is 0.335 e. The van der Waals surface area contributed by atoms with Crippen molar-refractivity contribution in [2.75, 3.05) is 0 Å². The molecule has 4 nitrogen and oxygen atoms in total. The molecule has 5 heteroatoms. The summed E-state index contributed by atoms with van der Waals surface area (Å²) in [5.74, 6) is 0. The van der Waals surface area contributed by atoms with Crippen LogP contribution < -0.4 is 0 Å². The second-order valence-electron chi connectivity index (χ2n) is 6.35. The summed E-state index contributed by atoms with van der Waals surface area (Å²) in [6, 6.07) is 0.967. The lowest BCUT2D eigenvalue weighted by Crippen LogP contribution is -2.50. The van der Waals surface area contributed by atoms with E-state index in [2.05, 4.69) is 27.3 Å². The predicted octanol–water partition coefficient (Wildman–Crippen LogP) is 1.56. The van der Waals surface area contributed by atoms with E-state index in [0.717, 1.165) is 6.04 Å². The molecule has 0 aliphatic carbocycles. The first-order valence-electron chi connectivity index (χ1n) is 6.54. The minimum atomic E-state index is -2.00. The largest absolute Gasteiger partial charge is 0.393 e.